The maximum absolute atomic E-state index is 13.2. The molecule has 0 aliphatic carbocycles. The third-order valence-electron chi connectivity index (χ3n) is 4.55. The molecule has 0 spiro atoms. The number of fused-ring (bicyclic) bond motifs is 3. The van der Waals surface area contributed by atoms with Crippen LogP contribution in [0.1, 0.15) is 33.2 Å². The molecule has 152 valence electrons. The Balaban J connectivity index is 1.93. The average Bonchev–Trinajstić information content (AvgIpc) is 3.09. The molecule has 2 aromatic carbocycles. The Morgan fingerprint density at radius 3 is 2.70 bits per heavy atom. The van der Waals surface area contributed by atoms with Crippen LogP contribution in [-0.2, 0) is 4.74 Å². The number of esters is 1. The van der Waals surface area contributed by atoms with Crippen molar-refractivity contribution in [2.24, 2.45) is 0 Å². The standard InChI is InChI=1S/C22H17ClN2O5/c1-3-29-22(28)15-11-16(24-19(26)13-6-4-5-12(2)9-13)20(27)25-17-10-14(23)7-8-18(17)30-21(15)25/h4-11H,3H2,1-2H3,(H,24,26). The first-order valence-corrected chi connectivity index (χ1v) is 9.60. The molecule has 0 saturated heterocycles. The van der Waals surface area contributed by atoms with Crippen molar-refractivity contribution in [3.8, 4) is 0 Å². The number of pyridine rings is 1. The Morgan fingerprint density at radius 1 is 1.17 bits per heavy atom. The molecule has 0 saturated carbocycles. The number of benzene rings is 2. The number of halogens is 1. The molecular formula is C22H17ClN2O5. The van der Waals surface area contributed by atoms with Crippen molar-refractivity contribution < 1.29 is 18.7 Å². The van der Waals surface area contributed by atoms with Gasteiger partial charge in [-0.2, -0.15) is 0 Å². The SMILES string of the molecule is CCOC(=O)c1cc(NC(=O)c2cccc(C)c2)c(=O)n2c1oc1ccc(Cl)cc12. The Kier molecular flexibility index (Phi) is 5.05. The molecule has 4 aromatic rings. The van der Waals surface area contributed by atoms with Gasteiger partial charge in [-0.15, -0.1) is 0 Å². The van der Waals surface area contributed by atoms with Crippen LogP contribution >= 0.6 is 11.6 Å². The third-order valence-corrected chi connectivity index (χ3v) is 4.78. The number of aryl methyl sites for hydroxylation is 1. The van der Waals surface area contributed by atoms with Gasteiger partial charge in [-0.3, -0.25) is 9.59 Å². The van der Waals surface area contributed by atoms with E-state index in [0.29, 0.717) is 21.7 Å². The number of nitrogens with zero attached hydrogens (tertiary/aromatic N) is 1. The molecule has 30 heavy (non-hydrogen) atoms. The molecule has 1 N–H and O–H groups in total. The highest BCUT2D eigenvalue weighted by atomic mass is 35.5. The first-order valence-electron chi connectivity index (χ1n) is 9.22. The minimum absolute atomic E-state index is 0.0170. The molecule has 0 bridgehead atoms. The number of hydrogen-bond donors (Lipinski definition) is 1. The van der Waals surface area contributed by atoms with Crippen LogP contribution in [-0.4, -0.2) is 22.9 Å². The Labute approximate surface area is 175 Å². The van der Waals surface area contributed by atoms with E-state index in [1.54, 1.807) is 43.3 Å². The Morgan fingerprint density at radius 2 is 1.97 bits per heavy atom. The number of nitrogens with one attached hydrogen (secondary N) is 1. The number of aromatic nitrogens is 1. The molecule has 4 rings (SSSR count). The van der Waals surface area contributed by atoms with Crippen LogP contribution in [0.3, 0.4) is 0 Å². The second kappa shape index (κ2) is 7.68. The number of amides is 1. The van der Waals surface area contributed by atoms with E-state index in [1.807, 2.05) is 13.0 Å². The van der Waals surface area contributed by atoms with Crippen LogP contribution in [0, 0.1) is 6.92 Å². The van der Waals surface area contributed by atoms with Crippen LogP contribution in [0.5, 0.6) is 0 Å². The van der Waals surface area contributed by atoms with Crippen LogP contribution in [0.4, 0.5) is 5.69 Å². The van der Waals surface area contributed by atoms with Gasteiger partial charge in [0.15, 0.2) is 5.58 Å². The fourth-order valence-electron chi connectivity index (χ4n) is 3.20. The lowest BCUT2D eigenvalue weighted by Crippen LogP contribution is -2.24. The van der Waals surface area contributed by atoms with Gasteiger partial charge in [0.05, 0.1) is 12.1 Å². The molecule has 2 aromatic heterocycles. The Bertz CT molecular complexity index is 1370. The second-order valence-corrected chi connectivity index (χ2v) is 7.11. The number of oxazole rings is 1. The van der Waals surface area contributed by atoms with Gasteiger partial charge in [0.2, 0.25) is 5.71 Å². The third kappa shape index (κ3) is 3.44. The number of carbonyl (C=O) groups is 2. The fraction of sp³-hybridized carbons (Fsp3) is 0.136. The maximum atomic E-state index is 13.2. The number of ether oxygens (including phenoxy) is 1. The van der Waals surface area contributed by atoms with Gasteiger partial charge in [0.25, 0.3) is 11.5 Å². The zero-order valence-electron chi connectivity index (χ0n) is 16.2. The maximum Gasteiger partial charge on any atom is 0.343 e. The van der Waals surface area contributed by atoms with Gasteiger partial charge in [-0.05, 0) is 50.2 Å². The van der Waals surface area contributed by atoms with Crippen molar-refractivity contribution in [1.29, 1.82) is 0 Å². The van der Waals surface area contributed by atoms with E-state index in [-0.39, 0.29) is 23.6 Å². The zero-order valence-corrected chi connectivity index (χ0v) is 16.9. The smallest absolute Gasteiger partial charge is 0.343 e. The van der Waals surface area contributed by atoms with E-state index in [4.69, 9.17) is 20.8 Å². The molecule has 2 heterocycles. The Hall–Kier alpha value is -3.58. The van der Waals surface area contributed by atoms with E-state index in [1.165, 1.54) is 10.5 Å². The minimum Gasteiger partial charge on any atom is -0.462 e. The van der Waals surface area contributed by atoms with Crippen LogP contribution < -0.4 is 10.9 Å². The van der Waals surface area contributed by atoms with E-state index < -0.39 is 17.4 Å². The van der Waals surface area contributed by atoms with Crippen LogP contribution in [0.2, 0.25) is 5.02 Å². The van der Waals surface area contributed by atoms with E-state index in [2.05, 4.69) is 5.32 Å². The summed E-state index contributed by atoms with van der Waals surface area (Å²) in [5.74, 6) is -1.15. The summed E-state index contributed by atoms with van der Waals surface area (Å²) >= 11 is 6.08. The molecule has 0 atom stereocenters. The van der Waals surface area contributed by atoms with E-state index in [0.717, 1.165) is 5.56 Å². The number of anilines is 1. The largest absolute Gasteiger partial charge is 0.462 e. The van der Waals surface area contributed by atoms with Gasteiger partial charge in [-0.25, -0.2) is 9.20 Å². The number of hydrogen-bond acceptors (Lipinski definition) is 5. The first kappa shape index (κ1) is 19.7. The van der Waals surface area contributed by atoms with Crippen molar-refractivity contribution >= 4 is 46.0 Å². The molecular weight excluding hydrogens is 408 g/mol. The molecule has 0 fully saturated rings. The van der Waals surface area contributed by atoms with Crippen LogP contribution in [0.25, 0.3) is 16.8 Å². The molecule has 1 amide bonds. The minimum atomic E-state index is -0.675. The summed E-state index contributed by atoms with van der Waals surface area (Å²) in [6.07, 6.45) is 0. The van der Waals surface area contributed by atoms with Crippen molar-refractivity contribution in [3.63, 3.8) is 0 Å². The lowest BCUT2D eigenvalue weighted by Gasteiger charge is -2.09. The summed E-state index contributed by atoms with van der Waals surface area (Å²) < 4.78 is 12.0. The monoisotopic (exact) mass is 424 g/mol. The summed E-state index contributed by atoms with van der Waals surface area (Å²) in [5, 5.41) is 2.99. The second-order valence-electron chi connectivity index (χ2n) is 6.68. The first-order chi connectivity index (χ1) is 14.4. The highest BCUT2D eigenvalue weighted by molar-refractivity contribution is 6.31. The van der Waals surface area contributed by atoms with E-state index in [9.17, 15) is 14.4 Å². The van der Waals surface area contributed by atoms with Crippen molar-refractivity contribution in [3.05, 3.63) is 80.6 Å². The molecule has 0 unspecified atom stereocenters. The van der Waals surface area contributed by atoms with Gasteiger partial charge < -0.3 is 14.5 Å². The van der Waals surface area contributed by atoms with Crippen molar-refractivity contribution in [2.45, 2.75) is 13.8 Å². The molecule has 0 radical (unpaired) electrons. The fourth-order valence-corrected chi connectivity index (χ4v) is 3.37. The molecule has 0 aliphatic rings. The van der Waals surface area contributed by atoms with Gasteiger partial charge in [0.1, 0.15) is 11.3 Å². The van der Waals surface area contributed by atoms with Crippen LogP contribution in [0.15, 0.2) is 57.7 Å². The van der Waals surface area contributed by atoms with Crippen molar-refractivity contribution in [1.82, 2.24) is 4.40 Å². The molecule has 7 nitrogen and oxygen atoms in total. The number of rotatable bonds is 4. The lowest BCUT2D eigenvalue weighted by atomic mass is 10.1. The predicted octanol–water partition coefficient (Wildman–Crippen LogP) is 4.44. The predicted molar refractivity (Wildman–Crippen MR) is 114 cm³/mol. The summed E-state index contributed by atoms with van der Waals surface area (Å²) in [6, 6.07) is 13.0. The van der Waals surface area contributed by atoms with Gasteiger partial charge in [0, 0.05) is 10.6 Å². The van der Waals surface area contributed by atoms with Crippen molar-refractivity contribution in [2.75, 3.05) is 11.9 Å². The summed E-state index contributed by atoms with van der Waals surface area (Å²) in [6.45, 7) is 3.67. The highest BCUT2D eigenvalue weighted by Gasteiger charge is 2.23. The summed E-state index contributed by atoms with van der Waals surface area (Å²) in [7, 11) is 0. The molecule has 0 aliphatic heterocycles. The topological polar surface area (TPSA) is 90.0 Å². The quantitative estimate of drug-likeness (QED) is 0.489. The van der Waals surface area contributed by atoms with Gasteiger partial charge >= 0.3 is 5.97 Å². The summed E-state index contributed by atoms with van der Waals surface area (Å²) in [4.78, 5) is 38.4. The average molecular weight is 425 g/mol. The lowest BCUT2D eigenvalue weighted by molar-refractivity contribution is 0.0526. The molecule has 8 heteroatoms. The number of carbonyl (C=O) groups excluding carboxylic acids is 2. The normalized spacial score (nSPS) is 11.0. The highest BCUT2D eigenvalue weighted by Crippen LogP contribution is 2.26. The van der Waals surface area contributed by atoms with Gasteiger partial charge in [-0.1, -0.05) is 29.3 Å². The summed E-state index contributed by atoms with van der Waals surface area (Å²) in [5.41, 5.74) is 1.43. The van der Waals surface area contributed by atoms with E-state index >= 15 is 0 Å². The zero-order chi connectivity index (χ0) is 21.4.